The molecule has 1 aromatic carbocycles. The Morgan fingerprint density at radius 3 is 2.48 bits per heavy atom. The quantitative estimate of drug-likeness (QED) is 0.696. The average Bonchev–Trinajstić information content (AvgIpc) is 3.41. The van der Waals surface area contributed by atoms with Gasteiger partial charge in [-0.1, -0.05) is 24.3 Å². The fraction of sp³-hybridized carbons (Fsp3) is 0.391. The van der Waals surface area contributed by atoms with Gasteiger partial charge in [-0.05, 0) is 61.7 Å². The second-order valence-corrected chi connectivity index (χ2v) is 7.39. The standard InChI is InChI=1S/C23H28N2O2/c1-2-12-25(11-1)17-21-5-3-20(4-6-21)7-13-24-14-8-23(9-15-24)27-19-22-10-16-26-18-22/h3-6,8-10,14,16,18H,1-2,7,11-13,15,17,19H2. The number of hydrogen-bond donors (Lipinski definition) is 0. The van der Waals surface area contributed by atoms with Crippen LogP contribution in [0.15, 0.2) is 71.4 Å². The van der Waals surface area contributed by atoms with Crippen molar-refractivity contribution in [2.45, 2.75) is 32.4 Å². The van der Waals surface area contributed by atoms with E-state index >= 15 is 0 Å². The predicted octanol–water partition coefficient (Wildman–Crippen LogP) is 4.35. The highest BCUT2D eigenvalue weighted by Crippen LogP contribution is 2.15. The fourth-order valence-corrected chi connectivity index (χ4v) is 3.61. The van der Waals surface area contributed by atoms with Gasteiger partial charge < -0.3 is 14.1 Å². The number of nitrogens with zero attached hydrogens (tertiary/aromatic N) is 2. The first-order chi connectivity index (χ1) is 13.3. The second kappa shape index (κ2) is 8.96. The van der Waals surface area contributed by atoms with E-state index in [1.54, 1.807) is 12.5 Å². The van der Waals surface area contributed by atoms with Gasteiger partial charge >= 0.3 is 0 Å². The van der Waals surface area contributed by atoms with Crippen LogP contribution in [0, 0.1) is 0 Å². The number of furan rings is 1. The van der Waals surface area contributed by atoms with Crippen molar-refractivity contribution in [3.63, 3.8) is 0 Å². The van der Waals surface area contributed by atoms with Crippen LogP contribution >= 0.6 is 0 Å². The maximum Gasteiger partial charge on any atom is 0.119 e. The molecule has 0 unspecified atom stereocenters. The molecule has 3 heterocycles. The Morgan fingerprint density at radius 2 is 1.78 bits per heavy atom. The van der Waals surface area contributed by atoms with Gasteiger partial charge in [0.05, 0.1) is 12.5 Å². The predicted molar refractivity (Wildman–Crippen MR) is 107 cm³/mol. The summed E-state index contributed by atoms with van der Waals surface area (Å²) in [5, 5.41) is 0. The molecule has 4 nitrogen and oxygen atoms in total. The first-order valence-corrected chi connectivity index (χ1v) is 9.92. The van der Waals surface area contributed by atoms with E-state index in [1.165, 1.54) is 37.1 Å². The SMILES string of the molecule is C1=CN(CCc2ccc(CN3CCCC3)cc2)CC=C1OCc1ccoc1. The molecule has 0 radical (unpaired) electrons. The lowest BCUT2D eigenvalue weighted by Gasteiger charge is -2.22. The lowest BCUT2D eigenvalue weighted by atomic mass is 10.1. The molecule has 2 aromatic rings. The molecule has 27 heavy (non-hydrogen) atoms. The van der Waals surface area contributed by atoms with Crippen LogP contribution in [-0.2, 0) is 24.3 Å². The highest BCUT2D eigenvalue weighted by atomic mass is 16.5. The van der Waals surface area contributed by atoms with Crippen LogP contribution in [0.25, 0.3) is 0 Å². The molecule has 0 spiro atoms. The highest BCUT2D eigenvalue weighted by molar-refractivity contribution is 5.23. The van der Waals surface area contributed by atoms with Crippen LogP contribution in [0.4, 0.5) is 0 Å². The lowest BCUT2D eigenvalue weighted by molar-refractivity contribution is 0.204. The summed E-state index contributed by atoms with van der Waals surface area (Å²) in [4.78, 5) is 4.87. The van der Waals surface area contributed by atoms with Crippen LogP contribution in [0.5, 0.6) is 0 Å². The van der Waals surface area contributed by atoms with Crippen molar-refractivity contribution in [3.05, 3.63) is 83.7 Å². The highest BCUT2D eigenvalue weighted by Gasteiger charge is 2.11. The molecule has 2 aliphatic rings. The Bertz CT molecular complexity index is 756. The minimum Gasteiger partial charge on any atom is -0.489 e. The lowest BCUT2D eigenvalue weighted by Crippen LogP contribution is -2.23. The molecular weight excluding hydrogens is 336 g/mol. The van der Waals surface area contributed by atoms with Gasteiger partial charge in [-0.25, -0.2) is 0 Å². The van der Waals surface area contributed by atoms with Crippen molar-refractivity contribution in [1.82, 2.24) is 9.80 Å². The zero-order valence-electron chi connectivity index (χ0n) is 15.8. The van der Waals surface area contributed by atoms with E-state index in [0.717, 1.165) is 37.4 Å². The third-order valence-corrected chi connectivity index (χ3v) is 5.28. The van der Waals surface area contributed by atoms with Crippen molar-refractivity contribution in [2.24, 2.45) is 0 Å². The normalized spacial score (nSPS) is 17.3. The van der Waals surface area contributed by atoms with E-state index in [1.807, 2.05) is 12.1 Å². The van der Waals surface area contributed by atoms with Gasteiger partial charge in [0.2, 0.25) is 0 Å². The number of rotatable bonds is 8. The number of ether oxygens (including phenoxy) is 1. The summed E-state index contributed by atoms with van der Waals surface area (Å²) >= 11 is 0. The van der Waals surface area contributed by atoms with E-state index in [2.05, 4.69) is 46.3 Å². The smallest absolute Gasteiger partial charge is 0.119 e. The van der Waals surface area contributed by atoms with Crippen molar-refractivity contribution in [2.75, 3.05) is 26.2 Å². The molecule has 142 valence electrons. The summed E-state index contributed by atoms with van der Waals surface area (Å²) < 4.78 is 10.8. The van der Waals surface area contributed by atoms with Crippen molar-refractivity contribution in [1.29, 1.82) is 0 Å². The largest absolute Gasteiger partial charge is 0.489 e. The topological polar surface area (TPSA) is 28.9 Å². The molecule has 0 aliphatic carbocycles. The molecule has 0 N–H and O–H groups in total. The summed E-state index contributed by atoms with van der Waals surface area (Å²) in [6.45, 7) is 6.07. The van der Waals surface area contributed by atoms with E-state index in [9.17, 15) is 0 Å². The molecule has 1 aromatic heterocycles. The summed E-state index contributed by atoms with van der Waals surface area (Å²) in [6.07, 6.45) is 13.5. The minimum absolute atomic E-state index is 0.552. The minimum atomic E-state index is 0.552. The Balaban J connectivity index is 1.19. The average molecular weight is 364 g/mol. The number of benzene rings is 1. The molecule has 4 heteroatoms. The molecule has 0 atom stereocenters. The molecule has 2 aliphatic heterocycles. The van der Waals surface area contributed by atoms with Crippen molar-refractivity contribution in [3.8, 4) is 0 Å². The van der Waals surface area contributed by atoms with E-state index in [0.29, 0.717) is 6.61 Å². The number of allylic oxidation sites excluding steroid dienone is 1. The van der Waals surface area contributed by atoms with E-state index in [4.69, 9.17) is 9.15 Å². The van der Waals surface area contributed by atoms with Gasteiger partial charge in [0.15, 0.2) is 0 Å². The summed E-state index contributed by atoms with van der Waals surface area (Å²) in [6, 6.07) is 11.1. The van der Waals surface area contributed by atoms with Crippen LogP contribution in [0.3, 0.4) is 0 Å². The summed E-state index contributed by atoms with van der Waals surface area (Å²) in [5.41, 5.74) is 3.89. The van der Waals surface area contributed by atoms with Crippen molar-refractivity contribution < 1.29 is 9.15 Å². The van der Waals surface area contributed by atoms with Crippen molar-refractivity contribution >= 4 is 0 Å². The molecular formula is C23H28N2O2. The van der Waals surface area contributed by atoms with Gasteiger partial charge in [0.1, 0.15) is 12.4 Å². The van der Waals surface area contributed by atoms with Crippen LogP contribution < -0.4 is 0 Å². The molecule has 1 saturated heterocycles. The molecule has 0 saturated carbocycles. The molecule has 0 bridgehead atoms. The maximum atomic E-state index is 5.79. The first kappa shape index (κ1) is 17.9. The van der Waals surface area contributed by atoms with Gasteiger partial charge in [0, 0.05) is 31.4 Å². The zero-order chi connectivity index (χ0) is 18.3. The van der Waals surface area contributed by atoms with Crippen LogP contribution in [0.2, 0.25) is 0 Å². The van der Waals surface area contributed by atoms with Gasteiger partial charge in [0.25, 0.3) is 0 Å². The van der Waals surface area contributed by atoms with Crippen LogP contribution in [-0.4, -0.2) is 36.0 Å². The Morgan fingerprint density at radius 1 is 0.963 bits per heavy atom. The Hall–Kier alpha value is -2.46. The summed E-state index contributed by atoms with van der Waals surface area (Å²) in [7, 11) is 0. The van der Waals surface area contributed by atoms with E-state index < -0.39 is 0 Å². The van der Waals surface area contributed by atoms with Crippen LogP contribution in [0.1, 0.15) is 29.5 Å². The molecule has 4 rings (SSSR count). The van der Waals surface area contributed by atoms with Gasteiger partial charge in [-0.15, -0.1) is 0 Å². The van der Waals surface area contributed by atoms with E-state index in [-0.39, 0.29) is 0 Å². The summed E-state index contributed by atoms with van der Waals surface area (Å²) in [5.74, 6) is 0.929. The Kier molecular flexibility index (Phi) is 5.95. The maximum absolute atomic E-state index is 5.79. The fourth-order valence-electron chi connectivity index (χ4n) is 3.61. The monoisotopic (exact) mass is 364 g/mol. The Labute approximate surface area is 161 Å². The number of hydrogen-bond acceptors (Lipinski definition) is 4. The van der Waals surface area contributed by atoms with Gasteiger partial charge in [-0.3, -0.25) is 4.90 Å². The number of likely N-dealkylation sites (tertiary alicyclic amines) is 1. The molecule has 1 fully saturated rings. The zero-order valence-corrected chi connectivity index (χ0v) is 15.8. The third kappa shape index (κ3) is 5.27. The first-order valence-electron chi connectivity index (χ1n) is 9.92. The third-order valence-electron chi connectivity index (χ3n) is 5.28. The second-order valence-electron chi connectivity index (χ2n) is 7.39. The molecule has 0 amide bonds. The van der Waals surface area contributed by atoms with Gasteiger partial charge in [-0.2, -0.15) is 0 Å².